The Morgan fingerprint density at radius 1 is 1.28 bits per heavy atom. The van der Waals surface area contributed by atoms with Crippen molar-refractivity contribution in [1.82, 2.24) is 24.2 Å². The molecular weight excluding hydrogens is 314 g/mol. The van der Waals surface area contributed by atoms with Crippen LogP contribution in [0.1, 0.15) is 25.6 Å². The van der Waals surface area contributed by atoms with Gasteiger partial charge in [-0.15, -0.1) is 0 Å². The molecule has 1 saturated heterocycles. The Balaban J connectivity index is 1.55. The highest BCUT2D eigenvalue weighted by atomic mass is 16.2. The number of benzene rings is 1. The molecule has 1 aliphatic heterocycles. The van der Waals surface area contributed by atoms with Gasteiger partial charge < -0.3 is 9.47 Å². The summed E-state index contributed by atoms with van der Waals surface area (Å²) in [6, 6.07) is 10.2. The van der Waals surface area contributed by atoms with E-state index in [9.17, 15) is 4.79 Å². The van der Waals surface area contributed by atoms with Crippen molar-refractivity contribution in [3.8, 4) is 0 Å². The summed E-state index contributed by atoms with van der Waals surface area (Å²) in [5, 5.41) is 4.28. The number of fused-ring (bicyclic) bond motifs is 1. The monoisotopic (exact) mass is 337 g/mol. The van der Waals surface area contributed by atoms with Gasteiger partial charge in [0.05, 0.1) is 23.6 Å². The molecule has 0 radical (unpaired) electrons. The molecule has 1 aliphatic rings. The minimum atomic E-state index is 0.174. The lowest BCUT2D eigenvalue weighted by atomic mass is 10.2. The highest BCUT2D eigenvalue weighted by molar-refractivity contribution is 5.81. The number of hydrogen-bond acceptors (Lipinski definition) is 3. The second-order valence-electron chi connectivity index (χ2n) is 6.57. The van der Waals surface area contributed by atoms with E-state index in [0.29, 0.717) is 6.54 Å². The molecule has 2 aromatic heterocycles. The zero-order valence-electron chi connectivity index (χ0n) is 14.5. The first kappa shape index (κ1) is 15.9. The van der Waals surface area contributed by atoms with E-state index < -0.39 is 0 Å². The van der Waals surface area contributed by atoms with Crippen LogP contribution in [-0.4, -0.2) is 42.7 Å². The number of amides is 1. The molecule has 0 N–H and O–H groups in total. The Labute approximate surface area is 147 Å². The van der Waals surface area contributed by atoms with Crippen molar-refractivity contribution in [3.63, 3.8) is 0 Å². The van der Waals surface area contributed by atoms with Crippen LogP contribution in [0.15, 0.2) is 42.7 Å². The van der Waals surface area contributed by atoms with Gasteiger partial charge in [-0.05, 0) is 31.0 Å². The second kappa shape index (κ2) is 6.70. The van der Waals surface area contributed by atoms with Gasteiger partial charge in [0.25, 0.3) is 0 Å². The Bertz CT molecular complexity index is 867. The van der Waals surface area contributed by atoms with E-state index in [2.05, 4.69) is 21.6 Å². The van der Waals surface area contributed by atoms with Gasteiger partial charge in [-0.1, -0.05) is 19.1 Å². The Morgan fingerprint density at radius 2 is 2.16 bits per heavy atom. The van der Waals surface area contributed by atoms with Gasteiger partial charge in [0, 0.05) is 25.4 Å². The highest BCUT2D eigenvalue weighted by Crippen LogP contribution is 2.21. The second-order valence-corrected chi connectivity index (χ2v) is 6.57. The SMILES string of the molecule is CCc1nc2ccccc2n1CC(=O)N1CCC[C@H]1Cn1cccn1. The highest BCUT2D eigenvalue weighted by Gasteiger charge is 2.29. The van der Waals surface area contributed by atoms with Crippen LogP contribution < -0.4 is 0 Å². The number of hydrogen-bond donors (Lipinski definition) is 0. The first-order valence-corrected chi connectivity index (χ1v) is 8.97. The lowest BCUT2D eigenvalue weighted by Gasteiger charge is -2.25. The molecule has 3 heterocycles. The van der Waals surface area contributed by atoms with Crippen LogP contribution in [0.2, 0.25) is 0 Å². The van der Waals surface area contributed by atoms with Gasteiger partial charge in [-0.25, -0.2) is 4.98 Å². The average Bonchev–Trinajstić information content (AvgIpc) is 3.36. The summed E-state index contributed by atoms with van der Waals surface area (Å²) in [5.41, 5.74) is 2.00. The minimum Gasteiger partial charge on any atom is -0.336 e. The predicted molar refractivity (Wildman–Crippen MR) is 96.1 cm³/mol. The number of carbonyl (C=O) groups is 1. The molecule has 4 rings (SSSR count). The molecule has 3 aromatic rings. The number of aromatic nitrogens is 4. The van der Waals surface area contributed by atoms with Crippen LogP contribution in [0.4, 0.5) is 0 Å². The summed E-state index contributed by atoms with van der Waals surface area (Å²) < 4.78 is 3.99. The molecule has 1 atom stereocenters. The van der Waals surface area contributed by atoms with Crippen molar-refractivity contribution in [1.29, 1.82) is 0 Å². The van der Waals surface area contributed by atoms with Crippen molar-refractivity contribution in [2.45, 2.75) is 45.3 Å². The Kier molecular flexibility index (Phi) is 4.26. The zero-order chi connectivity index (χ0) is 17.2. The first-order chi connectivity index (χ1) is 12.3. The summed E-state index contributed by atoms with van der Waals surface area (Å²) in [5.74, 6) is 1.14. The summed E-state index contributed by atoms with van der Waals surface area (Å²) in [6.45, 7) is 4.04. The lowest BCUT2D eigenvalue weighted by Crippen LogP contribution is -2.40. The fourth-order valence-electron chi connectivity index (χ4n) is 3.78. The average molecular weight is 337 g/mol. The van der Waals surface area contributed by atoms with Gasteiger partial charge in [-0.2, -0.15) is 5.10 Å². The molecule has 1 amide bonds. The van der Waals surface area contributed by atoms with Gasteiger partial charge >= 0.3 is 0 Å². The number of carbonyl (C=O) groups excluding carboxylic acids is 1. The summed E-state index contributed by atoms with van der Waals surface area (Å²) in [7, 11) is 0. The standard InChI is InChI=1S/C19H23N5O/c1-2-18-21-16-8-3-4-9-17(16)24(18)14-19(25)23-12-5-7-15(23)13-22-11-6-10-20-22/h3-4,6,8-11,15H,2,5,7,12-14H2,1H3/t15-/m0/s1. The van der Waals surface area contributed by atoms with E-state index in [1.165, 1.54) is 0 Å². The molecule has 6 nitrogen and oxygen atoms in total. The molecule has 6 heteroatoms. The van der Waals surface area contributed by atoms with E-state index in [1.54, 1.807) is 6.20 Å². The van der Waals surface area contributed by atoms with E-state index in [-0.39, 0.29) is 11.9 Å². The van der Waals surface area contributed by atoms with Gasteiger partial charge in [0.15, 0.2) is 0 Å². The fraction of sp³-hybridized carbons (Fsp3) is 0.421. The normalized spacial score (nSPS) is 17.5. The Hall–Kier alpha value is -2.63. The van der Waals surface area contributed by atoms with Crippen LogP contribution in [0, 0.1) is 0 Å². The van der Waals surface area contributed by atoms with Crippen molar-refractivity contribution in [2.75, 3.05) is 6.54 Å². The fourth-order valence-corrected chi connectivity index (χ4v) is 3.78. The van der Waals surface area contributed by atoms with E-state index >= 15 is 0 Å². The summed E-state index contributed by atoms with van der Waals surface area (Å²) in [4.78, 5) is 19.7. The van der Waals surface area contributed by atoms with Crippen LogP contribution in [0.5, 0.6) is 0 Å². The molecule has 1 fully saturated rings. The number of imidazole rings is 1. The molecule has 0 bridgehead atoms. The number of rotatable bonds is 5. The minimum absolute atomic E-state index is 0.174. The summed E-state index contributed by atoms with van der Waals surface area (Å²) >= 11 is 0. The third-order valence-corrected chi connectivity index (χ3v) is 5.00. The van der Waals surface area contributed by atoms with E-state index in [1.807, 2.05) is 46.1 Å². The number of para-hydroxylation sites is 2. The van der Waals surface area contributed by atoms with Crippen molar-refractivity contribution in [3.05, 3.63) is 48.5 Å². The van der Waals surface area contributed by atoms with Crippen LogP contribution >= 0.6 is 0 Å². The molecule has 130 valence electrons. The first-order valence-electron chi connectivity index (χ1n) is 8.97. The van der Waals surface area contributed by atoms with Gasteiger partial charge in [0.2, 0.25) is 5.91 Å². The number of likely N-dealkylation sites (tertiary alicyclic amines) is 1. The van der Waals surface area contributed by atoms with Crippen LogP contribution in [-0.2, 0) is 24.3 Å². The van der Waals surface area contributed by atoms with Crippen molar-refractivity contribution >= 4 is 16.9 Å². The lowest BCUT2D eigenvalue weighted by molar-refractivity contribution is -0.132. The predicted octanol–water partition coefficient (Wildman–Crippen LogP) is 2.49. The van der Waals surface area contributed by atoms with Crippen molar-refractivity contribution in [2.24, 2.45) is 0 Å². The third-order valence-electron chi connectivity index (χ3n) is 5.00. The molecule has 25 heavy (non-hydrogen) atoms. The topological polar surface area (TPSA) is 56.0 Å². The largest absolute Gasteiger partial charge is 0.336 e. The summed E-state index contributed by atoms with van der Waals surface area (Å²) in [6.07, 6.45) is 6.66. The molecule has 0 saturated carbocycles. The maximum atomic E-state index is 13.0. The maximum Gasteiger partial charge on any atom is 0.242 e. The number of nitrogens with zero attached hydrogens (tertiary/aromatic N) is 5. The molecular formula is C19H23N5O. The smallest absolute Gasteiger partial charge is 0.242 e. The zero-order valence-corrected chi connectivity index (χ0v) is 14.5. The maximum absolute atomic E-state index is 13.0. The Morgan fingerprint density at radius 3 is 2.96 bits per heavy atom. The van der Waals surface area contributed by atoms with E-state index in [4.69, 9.17) is 0 Å². The molecule has 0 spiro atoms. The molecule has 0 unspecified atom stereocenters. The van der Waals surface area contributed by atoms with Gasteiger partial charge in [0.1, 0.15) is 12.4 Å². The quantitative estimate of drug-likeness (QED) is 0.719. The number of aryl methyl sites for hydroxylation is 1. The van der Waals surface area contributed by atoms with E-state index in [0.717, 1.165) is 49.2 Å². The molecule has 1 aromatic carbocycles. The van der Waals surface area contributed by atoms with Crippen molar-refractivity contribution < 1.29 is 4.79 Å². The third kappa shape index (κ3) is 3.04. The van der Waals surface area contributed by atoms with Crippen LogP contribution in [0.3, 0.4) is 0 Å². The van der Waals surface area contributed by atoms with Gasteiger partial charge in [-0.3, -0.25) is 9.48 Å². The molecule has 0 aliphatic carbocycles. The van der Waals surface area contributed by atoms with Crippen LogP contribution in [0.25, 0.3) is 11.0 Å².